The van der Waals surface area contributed by atoms with Crippen LogP contribution >= 0.6 is 11.3 Å². The van der Waals surface area contributed by atoms with Crippen molar-refractivity contribution < 1.29 is 14.3 Å². The fourth-order valence-electron chi connectivity index (χ4n) is 2.35. The maximum absolute atomic E-state index is 11.5. The topological polar surface area (TPSA) is 52.8 Å². The molecule has 3 aromatic rings. The molecule has 0 aliphatic carbocycles. The summed E-state index contributed by atoms with van der Waals surface area (Å²) in [5.41, 5.74) is 2.83. The van der Waals surface area contributed by atoms with Crippen molar-refractivity contribution in [2.75, 3.05) is 14.2 Å². The zero-order valence-electron chi connectivity index (χ0n) is 11.9. The number of hydrogen-bond donors (Lipinski definition) is 0. The molecule has 0 radical (unpaired) electrons. The highest BCUT2D eigenvalue weighted by molar-refractivity contribution is 7.15. The highest BCUT2D eigenvalue weighted by atomic mass is 32.1. The van der Waals surface area contributed by atoms with Gasteiger partial charge in [-0.1, -0.05) is 0 Å². The van der Waals surface area contributed by atoms with Crippen molar-refractivity contribution in [1.29, 1.82) is 0 Å². The summed E-state index contributed by atoms with van der Waals surface area (Å²) in [6.45, 7) is 1.94. The summed E-state index contributed by atoms with van der Waals surface area (Å²) in [4.78, 5) is 16.8. The second-order valence-corrected chi connectivity index (χ2v) is 5.41. The minimum absolute atomic E-state index is 0.510. The highest BCUT2D eigenvalue weighted by Gasteiger charge is 2.19. The van der Waals surface area contributed by atoms with Crippen LogP contribution in [0.2, 0.25) is 0 Å². The number of fused-ring (bicyclic) bond motifs is 1. The van der Waals surface area contributed by atoms with E-state index in [4.69, 9.17) is 9.47 Å². The number of carbonyl (C=O) groups excluding carboxylic acids is 1. The van der Waals surface area contributed by atoms with Gasteiger partial charge in [0.15, 0.2) is 11.2 Å². The molecule has 6 heteroatoms. The number of rotatable bonds is 4. The van der Waals surface area contributed by atoms with Gasteiger partial charge in [-0.05, 0) is 24.6 Å². The first-order valence-electron chi connectivity index (χ1n) is 6.33. The summed E-state index contributed by atoms with van der Waals surface area (Å²) in [5.74, 6) is 1.40. The van der Waals surface area contributed by atoms with E-state index < -0.39 is 0 Å². The van der Waals surface area contributed by atoms with Gasteiger partial charge in [-0.15, -0.1) is 11.3 Å². The molecule has 3 rings (SSSR count). The Balaban J connectivity index is 2.30. The molecule has 5 nitrogen and oxygen atoms in total. The number of aryl methyl sites for hydroxylation is 1. The summed E-state index contributed by atoms with van der Waals surface area (Å²) in [5, 5.41) is 1.89. The predicted molar refractivity (Wildman–Crippen MR) is 81.7 cm³/mol. The lowest BCUT2D eigenvalue weighted by Gasteiger charge is -2.12. The Bertz CT molecular complexity index is 820. The lowest BCUT2D eigenvalue weighted by molar-refractivity contribution is 0.111. The molecule has 0 bridgehead atoms. The summed E-state index contributed by atoms with van der Waals surface area (Å²) in [6, 6.07) is 3.74. The Morgan fingerprint density at radius 2 is 2.00 bits per heavy atom. The molecule has 0 fully saturated rings. The molecular weight excluding hydrogens is 288 g/mol. The third kappa shape index (κ3) is 2.08. The van der Waals surface area contributed by atoms with Gasteiger partial charge >= 0.3 is 0 Å². The number of benzene rings is 1. The summed E-state index contributed by atoms with van der Waals surface area (Å²) < 4.78 is 12.6. The Morgan fingerprint density at radius 1 is 1.24 bits per heavy atom. The van der Waals surface area contributed by atoms with Gasteiger partial charge in [0.2, 0.25) is 0 Å². The molecule has 0 atom stereocenters. The van der Waals surface area contributed by atoms with Gasteiger partial charge in [0, 0.05) is 17.1 Å². The highest BCUT2D eigenvalue weighted by Crippen LogP contribution is 2.37. The number of hydrogen-bond acceptors (Lipinski definition) is 5. The number of nitrogens with zero attached hydrogens (tertiary/aromatic N) is 2. The molecule has 21 heavy (non-hydrogen) atoms. The van der Waals surface area contributed by atoms with Crippen LogP contribution in [0.4, 0.5) is 0 Å². The molecule has 108 valence electrons. The van der Waals surface area contributed by atoms with E-state index in [-0.39, 0.29) is 0 Å². The first-order chi connectivity index (χ1) is 10.2. The largest absolute Gasteiger partial charge is 0.496 e. The van der Waals surface area contributed by atoms with E-state index in [1.54, 1.807) is 18.6 Å². The maximum Gasteiger partial charge on any atom is 0.194 e. The van der Waals surface area contributed by atoms with Crippen LogP contribution in [0, 0.1) is 6.92 Å². The Kier molecular flexibility index (Phi) is 3.39. The van der Waals surface area contributed by atoms with Gasteiger partial charge in [-0.3, -0.25) is 9.20 Å². The molecule has 1 aromatic carbocycles. The van der Waals surface area contributed by atoms with Crippen LogP contribution < -0.4 is 9.47 Å². The van der Waals surface area contributed by atoms with Gasteiger partial charge in [-0.25, -0.2) is 4.98 Å². The quantitative estimate of drug-likeness (QED) is 0.694. The van der Waals surface area contributed by atoms with Gasteiger partial charge in [0.1, 0.15) is 22.9 Å². The number of methoxy groups -OCH3 is 2. The molecule has 0 N–H and O–H groups in total. The van der Waals surface area contributed by atoms with E-state index in [0.29, 0.717) is 17.1 Å². The standard InChI is InChI=1S/C15H14N2O3S/c1-9-6-13(20-3)10(7-12(9)19-2)14-11(8-18)17-4-5-21-15(17)16-14/h4-8H,1-3H3. The molecule has 0 aliphatic rings. The predicted octanol–water partition coefficient (Wildman–Crippen LogP) is 3.20. The smallest absolute Gasteiger partial charge is 0.194 e. The monoisotopic (exact) mass is 302 g/mol. The number of aromatic nitrogens is 2. The zero-order valence-corrected chi connectivity index (χ0v) is 12.7. The molecular formula is C15H14N2O3S. The first kappa shape index (κ1) is 13.6. The fraction of sp³-hybridized carbons (Fsp3) is 0.200. The van der Waals surface area contributed by atoms with Crippen molar-refractivity contribution in [2.24, 2.45) is 0 Å². The van der Waals surface area contributed by atoms with Crippen LogP contribution in [0.1, 0.15) is 16.1 Å². The van der Waals surface area contributed by atoms with Gasteiger partial charge < -0.3 is 9.47 Å². The van der Waals surface area contributed by atoms with Crippen LogP contribution in [0.3, 0.4) is 0 Å². The Hall–Kier alpha value is -2.34. The molecule has 2 aromatic heterocycles. The average molecular weight is 302 g/mol. The Morgan fingerprint density at radius 3 is 2.67 bits per heavy atom. The number of aldehydes is 1. The average Bonchev–Trinajstić information content (AvgIpc) is 3.07. The molecule has 0 amide bonds. The minimum Gasteiger partial charge on any atom is -0.496 e. The molecule has 0 saturated carbocycles. The van der Waals surface area contributed by atoms with E-state index >= 15 is 0 Å². The summed E-state index contributed by atoms with van der Waals surface area (Å²) in [6.07, 6.45) is 2.64. The van der Waals surface area contributed by atoms with Gasteiger partial charge in [-0.2, -0.15) is 0 Å². The number of carbonyl (C=O) groups is 1. The second kappa shape index (κ2) is 5.21. The molecule has 0 unspecified atom stereocenters. The van der Waals surface area contributed by atoms with Crippen LogP contribution in [-0.4, -0.2) is 29.9 Å². The van der Waals surface area contributed by atoms with E-state index in [1.807, 2.05) is 30.6 Å². The van der Waals surface area contributed by atoms with Crippen LogP contribution in [0.5, 0.6) is 11.5 Å². The maximum atomic E-state index is 11.5. The second-order valence-electron chi connectivity index (χ2n) is 4.54. The number of imidazole rings is 1. The molecule has 0 spiro atoms. The number of thiazole rings is 1. The van der Waals surface area contributed by atoms with Gasteiger partial charge in [0.05, 0.1) is 14.2 Å². The summed E-state index contributed by atoms with van der Waals surface area (Å²) in [7, 11) is 3.22. The minimum atomic E-state index is 0.510. The van der Waals surface area contributed by atoms with E-state index in [2.05, 4.69) is 4.98 Å². The first-order valence-corrected chi connectivity index (χ1v) is 7.21. The SMILES string of the molecule is COc1cc(-c2nc3sccn3c2C=O)c(OC)cc1C. The third-order valence-electron chi connectivity index (χ3n) is 3.38. The Labute approximate surface area is 125 Å². The van der Waals surface area contributed by atoms with Crippen LogP contribution in [0.15, 0.2) is 23.7 Å². The van der Waals surface area contributed by atoms with Crippen molar-refractivity contribution in [1.82, 2.24) is 9.38 Å². The fourth-order valence-corrected chi connectivity index (χ4v) is 3.07. The van der Waals surface area contributed by atoms with Crippen molar-refractivity contribution in [3.63, 3.8) is 0 Å². The van der Waals surface area contributed by atoms with Crippen molar-refractivity contribution in [3.8, 4) is 22.8 Å². The zero-order chi connectivity index (χ0) is 15.0. The molecule has 0 aliphatic heterocycles. The van der Waals surface area contributed by atoms with Crippen LogP contribution in [-0.2, 0) is 0 Å². The van der Waals surface area contributed by atoms with Gasteiger partial charge in [0.25, 0.3) is 0 Å². The lowest BCUT2D eigenvalue weighted by atomic mass is 10.1. The lowest BCUT2D eigenvalue weighted by Crippen LogP contribution is -1.96. The van der Waals surface area contributed by atoms with Crippen molar-refractivity contribution in [2.45, 2.75) is 6.92 Å². The van der Waals surface area contributed by atoms with E-state index in [0.717, 1.165) is 28.1 Å². The normalized spacial score (nSPS) is 10.8. The van der Waals surface area contributed by atoms with E-state index in [1.165, 1.54) is 11.3 Å². The molecule has 0 saturated heterocycles. The summed E-state index contributed by atoms with van der Waals surface area (Å²) >= 11 is 1.48. The van der Waals surface area contributed by atoms with Crippen molar-refractivity contribution >= 4 is 22.6 Å². The number of ether oxygens (including phenoxy) is 2. The van der Waals surface area contributed by atoms with Crippen molar-refractivity contribution in [3.05, 3.63) is 35.0 Å². The van der Waals surface area contributed by atoms with E-state index in [9.17, 15) is 4.79 Å². The molecule has 2 heterocycles. The van der Waals surface area contributed by atoms with Crippen LogP contribution in [0.25, 0.3) is 16.2 Å². The third-order valence-corrected chi connectivity index (χ3v) is 4.14.